The van der Waals surface area contributed by atoms with Crippen LogP contribution in [0.3, 0.4) is 0 Å². The SMILES string of the molecule is CSc1ccccc1C(C)CC(C)OC(=O)S. The highest BCUT2D eigenvalue weighted by Gasteiger charge is 2.15. The average Bonchev–Trinajstić information content (AvgIpc) is 2.27. The Morgan fingerprint density at radius 1 is 1.41 bits per heavy atom. The van der Waals surface area contributed by atoms with Crippen molar-refractivity contribution in [1.29, 1.82) is 0 Å². The van der Waals surface area contributed by atoms with Crippen molar-refractivity contribution in [2.75, 3.05) is 6.26 Å². The lowest BCUT2D eigenvalue weighted by atomic mass is 9.95. The number of carbonyl (C=O) groups excluding carboxylic acids is 1. The van der Waals surface area contributed by atoms with Gasteiger partial charge in [-0.1, -0.05) is 37.8 Å². The van der Waals surface area contributed by atoms with Crippen LogP contribution in [0.4, 0.5) is 4.79 Å². The second kappa shape index (κ2) is 6.97. The molecule has 2 unspecified atom stereocenters. The minimum Gasteiger partial charge on any atom is -0.455 e. The van der Waals surface area contributed by atoms with Crippen molar-refractivity contribution in [3.8, 4) is 0 Å². The molecule has 1 rings (SSSR count). The van der Waals surface area contributed by atoms with Gasteiger partial charge in [-0.3, -0.25) is 0 Å². The van der Waals surface area contributed by atoms with Crippen molar-refractivity contribution in [3.05, 3.63) is 29.8 Å². The minimum absolute atomic E-state index is 0.107. The van der Waals surface area contributed by atoms with Gasteiger partial charge in [-0.05, 0) is 37.1 Å². The zero-order valence-electron chi connectivity index (χ0n) is 10.3. The second-order valence-corrected chi connectivity index (χ2v) is 5.29. The fourth-order valence-electron chi connectivity index (χ4n) is 1.92. The van der Waals surface area contributed by atoms with Crippen molar-refractivity contribution >= 4 is 29.7 Å². The quantitative estimate of drug-likeness (QED) is 0.489. The van der Waals surface area contributed by atoms with Crippen LogP contribution >= 0.6 is 24.4 Å². The molecule has 4 heteroatoms. The molecule has 0 aliphatic carbocycles. The van der Waals surface area contributed by atoms with Crippen molar-refractivity contribution < 1.29 is 9.53 Å². The van der Waals surface area contributed by atoms with Gasteiger partial charge in [0.15, 0.2) is 0 Å². The van der Waals surface area contributed by atoms with E-state index in [1.54, 1.807) is 11.8 Å². The fraction of sp³-hybridized carbons (Fsp3) is 0.462. The molecule has 0 aliphatic rings. The highest BCUT2D eigenvalue weighted by molar-refractivity contribution is 7.98. The predicted molar refractivity (Wildman–Crippen MR) is 76.2 cm³/mol. The van der Waals surface area contributed by atoms with E-state index in [2.05, 4.69) is 37.9 Å². The molecule has 0 saturated carbocycles. The van der Waals surface area contributed by atoms with E-state index in [1.807, 2.05) is 19.1 Å². The molecule has 0 aromatic heterocycles. The van der Waals surface area contributed by atoms with Crippen LogP contribution in [0.15, 0.2) is 29.2 Å². The Hall–Kier alpha value is -0.610. The zero-order valence-corrected chi connectivity index (χ0v) is 12.1. The van der Waals surface area contributed by atoms with Crippen LogP contribution in [-0.4, -0.2) is 17.7 Å². The molecule has 2 atom stereocenters. The summed E-state index contributed by atoms with van der Waals surface area (Å²) in [5, 5.41) is -0.511. The molecule has 1 aromatic rings. The summed E-state index contributed by atoms with van der Waals surface area (Å²) in [6.07, 6.45) is 2.77. The monoisotopic (exact) mass is 270 g/mol. The standard InChI is InChI=1S/C13H18O2S2/c1-9(8-10(2)15-13(14)16)11-6-4-5-7-12(11)17-3/h4-7,9-10H,8H2,1-3H3,(H,14,16). The summed E-state index contributed by atoms with van der Waals surface area (Å²) in [5.41, 5.74) is 1.31. The van der Waals surface area contributed by atoms with Crippen LogP contribution in [-0.2, 0) is 4.74 Å². The summed E-state index contributed by atoms with van der Waals surface area (Å²) >= 11 is 5.36. The van der Waals surface area contributed by atoms with Gasteiger partial charge >= 0.3 is 5.30 Å². The van der Waals surface area contributed by atoms with Gasteiger partial charge in [0.25, 0.3) is 0 Å². The number of carbonyl (C=O) groups is 1. The number of hydrogen-bond acceptors (Lipinski definition) is 3. The lowest BCUT2D eigenvalue weighted by molar-refractivity contribution is 0.124. The maximum Gasteiger partial charge on any atom is 0.364 e. The summed E-state index contributed by atoms with van der Waals surface area (Å²) in [6, 6.07) is 8.33. The number of rotatable bonds is 5. The van der Waals surface area contributed by atoms with Gasteiger partial charge < -0.3 is 4.74 Å². The zero-order chi connectivity index (χ0) is 12.8. The lowest BCUT2D eigenvalue weighted by Crippen LogP contribution is -2.13. The Labute approximate surface area is 113 Å². The Morgan fingerprint density at radius 2 is 2.06 bits per heavy atom. The van der Waals surface area contributed by atoms with Crippen molar-refractivity contribution in [2.24, 2.45) is 0 Å². The van der Waals surface area contributed by atoms with Crippen molar-refractivity contribution in [1.82, 2.24) is 0 Å². The van der Waals surface area contributed by atoms with Crippen LogP contribution < -0.4 is 0 Å². The molecule has 94 valence electrons. The van der Waals surface area contributed by atoms with Gasteiger partial charge in [0, 0.05) is 4.90 Å². The molecule has 0 aliphatic heterocycles. The summed E-state index contributed by atoms with van der Waals surface area (Å²) in [6.45, 7) is 4.05. The molecule has 0 amide bonds. The highest BCUT2D eigenvalue weighted by atomic mass is 32.2. The van der Waals surface area contributed by atoms with E-state index < -0.39 is 5.30 Å². The molecule has 0 spiro atoms. The molecule has 0 N–H and O–H groups in total. The first-order valence-electron chi connectivity index (χ1n) is 5.57. The maximum atomic E-state index is 10.7. The third-order valence-corrected chi connectivity index (χ3v) is 3.57. The second-order valence-electron chi connectivity index (χ2n) is 4.07. The Balaban J connectivity index is 2.69. The summed E-state index contributed by atoms with van der Waals surface area (Å²) < 4.78 is 5.03. The molecular weight excluding hydrogens is 252 g/mol. The molecule has 17 heavy (non-hydrogen) atoms. The maximum absolute atomic E-state index is 10.7. The molecule has 0 radical (unpaired) electrons. The Kier molecular flexibility index (Phi) is 5.92. The van der Waals surface area contributed by atoms with Gasteiger partial charge in [-0.15, -0.1) is 11.8 Å². The number of benzene rings is 1. The number of thiol groups is 1. The molecule has 2 nitrogen and oxygen atoms in total. The van der Waals surface area contributed by atoms with E-state index in [-0.39, 0.29) is 6.10 Å². The van der Waals surface area contributed by atoms with E-state index >= 15 is 0 Å². The van der Waals surface area contributed by atoms with Crippen molar-refractivity contribution in [3.63, 3.8) is 0 Å². The van der Waals surface area contributed by atoms with Crippen LogP contribution in [0.5, 0.6) is 0 Å². The van der Waals surface area contributed by atoms with Gasteiger partial charge in [-0.25, -0.2) is 4.79 Å². The third-order valence-electron chi connectivity index (χ3n) is 2.66. The Morgan fingerprint density at radius 3 is 2.65 bits per heavy atom. The first-order chi connectivity index (χ1) is 8.04. The highest BCUT2D eigenvalue weighted by Crippen LogP contribution is 2.30. The van der Waals surface area contributed by atoms with Crippen LogP contribution in [0.2, 0.25) is 0 Å². The minimum atomic E-state index is -0.511. The van der Waals surface area contributed by atoms with E-state index in [9.17, 15) is 4.79 Å². The lowest BCUT2D eigenvalue weighted by Gasteiger charge is -2.19. The average molecular weight is 270 g/mol. The molecule has 0 bridgehead atoms. The van der Waals surface area contributed by atoms with Crippen LogP contribution in [0.25, 0.3) is 0 Å². The predicted octanol–water partition coefficient (Wildman–Crippen LogP) is 4.36. The molecule has 0 fully saturated rings. The number of hydrogen-bond donors (Lipinski definition) is 1. The Bertz CT molecular complexity index is 379. The van der Waals surface area contributed by atoms with Gasteiger partial charge in [-0.2, -0.15) is 0 Å². The first kappa shape index (κ1) is 14.5. The number of thioether (sulfide) groups is 1. The normalized spacial score (nSPS) is 14.1. The summed E-state index contributed by atoms with van der Waals surface area (Å²) in [5.74, 6) is 0.362. The topological polar surface area (TPSA) is 26.3 Å². The van der Waals surface area contributed by atoms with E-state index in [1.165, 1.54) is 10.5 Å². The third kappa shape index (κ3) is 4.64. The van der Waals surface area contributed by atoms with E-state index in [0.29, 0.717) is 5.92 Å². The largest absolute Gasteiger partial charge is 0.455 e. The molecule has 1 aromatic carbocycles. The smallest absolute Gasteiger partial charge is 0.364 e. The van der Waals surface area contributed by atoms with Crippen molar-refractivity contribution in [2.45, 2.75) is 37.2 Å². The van der Waals surface area contributed by atoms with Crippen LogP contribution in [0, 0.1) is 0 Å². The molecular formula is C13H18O2S2. The molecule has 0 heterocycles. The summed E-state index contributed by atoms with van der Waals surface area (Å²) in [7, 11) is 0. The van der Waals surface area contributed by atoms with Crippen LogP contribution in [0.1, 0.15) is 31.7 Å². The van der Waals surface area contributed by atoms with E-state index in [0.717, 1.165) is 6.42 Å². The first-order valence-corrected chi connectivity index (χ1v) is 7.24. The fourth-order valence-corrected chi connectivity index (χ4v) is 2.82. The van der Waals surface area contributed by atoms with Gasteiger partial charge in [0.05, 0.1) is 0 Å². The number of ether oxygens (including phenoxy) is 1. The van der Waals surface area contributed by atoms with Gasteiger partial charge in [0.2, 0.25) is 0 Å². The van der Waals surface area contributed by atoms with Gasteiger partial charge in [0.1, 0.15) is 6.10 Å². The van der Waals surface area contributed by atoms with E-state index in [4.69, 9.17) is 4.74 Å². The molecule has 0 saturated heterocycles. The summed E-state index contributed by atoms with van der Waals surface area (Å²) in [4.78, 5) is 12.0.